The highest BCUT2D eigenvalue weighted by molar-refractivity contribution is 5.84. The molecule has 0 aliphatic rings. The van der Waals surface area contributed by atoms with Gasteiger partial charge in [0.05, 0.1) is 0 Å². The number of nitrogens with zero attached hydrogens (tertiary/aromatic N) is 1. The van der Waals surface area contributed by atoms with Crippen LogP contribution in [-0.4, -0.2) is 48.3 Å². The number of nitrogens with one attached hydrogen (secondary N) is 2. The summed E-state index contributed by atoms with van der Waals surface area (Å²) in [4.78, 5) is 52.0. The molecule has 4 amide bonds. The third-order valence-corrected chi connectivity index (χ3v) is 3.99. The van der Waals surface area contributed by atoms with Gasteiger partial charge < -0.3 is 15.9 Å². The maximum atomic E-state index is 11.8. The molecule has 29 heavy (non-hydrogen) atoms. The molecule has 0 unspecified atom stereocenters. The number of hydroxylamine groups is 1. The number of primary amides is 1. The summed E-state index contributed by atoms with van der Waals surface area (Å²) in [6.07, 6.45) is 2.35. The van der Waals surface area contributed by atoms with Gasteiger partial charge in [-0.15, -0.1) is 0 Å². The molecule has 9 heteroatoms. The van der Waals surface area contributed by atoms with Crippen molar-refractivity contribution in [2.24, 2.45) is 5.73 Å². The summed E-state index contributed by atoms with van der Waals surface area (Å²) in [7, 11) is 0. The molecule has 0 spiro atoms. The lowest BCUT2D eigenvalue weighted by atomic mass is 10.1. The van der Waals surface area contributed by atoms with Crippen LogP contribution in [0.15, 0.2) is 30.3 Å². The Morgan fingerprint density at radius 1 is 1.03 bits per heavy atom. The number of unbranched alkanes of at least 4 members (excludes halogenated alkanes) is 1. The third-order valence-electron chi connectivity index (χ3n) is 3.99. The van der Waals surface area contributed by atoms with Crippen LogP contribution >= 0.6 is 0 Å². The van der Waals surface area contributed by atoms with Crippen molar-refractivity contribution < 1.29 is 24.0 Å². The van der Waals surface area contributed by atoms with Crippen molar-refractivity contribution in [3.05, 3.63) is 35.9 Å². The van der Waals surface area contributed by atoms with Crippen LogP contribution in [0.25, 0.3) is 0 Å². The van der Waals surface area contributed by atoms with Crippen molar-refractivity contribution in [1.82, 2.24) is 15.7 Å². The molecule has 0 aromatic heterocycles. The van der Waals surface area contributed by atoms with E-state index in [4.69, 9.17) is 5.73 Å². The monoisotopic (exact) mass is 406 g/mol. The van der Waals surface area contributed by atoms with Gasteiger partial charge in [0.2, 0.25) is 11.8 Å². The fourth-order valence-corrected chi connectivity index (χ4v) is 2.55. The molecule has 4 N–H and O–H groups in total. The van der Waals surface area contributed by atoms with Crippen LogP contribution in [-0.2, 0) is 25.6 Å². The summed E-state index contributed by atoms with van der Waals surface area (Å²) >= 11 is 0. The van der Waals surface area contributed by atoms with Crippen molar-refractivity contribution >= 4 is 23.8 Å². The molecule has 160 valence electrons. The zero-order valence-corrected chi connectivity index (χ0v) is 16.8. The second-order valence-electron chi connectivity index (χ2n) is 6.57. The number of benzene rings is 1. The van der Waals surface area contributed by atoms with Crippen LogP contribution in [0.1, 0.15) is 44.6 Å². The predicted molar refractivity (Wildman–Crippen MR) is 107 cm³/mol. The van der Waals surface area contributed by atoms with E-state index in [-0.39, 0.29) is 31.8 Å². The quantitative estimate of drug-likeness (QED) is 0.355. The van der Waals surface area contributed by atoms with E-state index in [1.165, 1.54) is 5.56 Å². The Hall–Kier alpha value is -3.10. The fraction of sp³-hybridized carbons (Fsp3) is 0.500. The first-order valence-electron chi connectivity index (χ1n) is 9.76. The summed E-state index contributed by atoms with van der Waals surface area (Å²) in [6.45, 7) is 2.33. The molecular weight excluding hydrogens is 376 g/mol. The third kappa shape index (κ3) is 11.4. The highest BCUT2D eigenvalue weighted by Gasteiger charge is 2.18. The van der Waals surface area contributed by atoms with Gasteiger partial charge in [-0.1, -0.05) is 37.3 Å². The number of hydrogen-bond donors (Lipinski definition) is 3. The smallest absolute Gasteiger partial charge is 0.368 e. The highest BCUT2D eigenvalue weighted by Crippen LogP contribution is 2.04. The first-order chi connectivity index (χ1) is 13.9. The number of rotatable bonds is 12. The second-order valence-corrected chi connectivity index (χ2v) is 6.57. The van der Waals surface area contributed by atoms with Crippen LogP contribution in [0.3, 0.4) is 0 Å². The number of nitrogens with two attached hydrogens (primary N) is 1. The van der Waals surface area contributed by atoms with Crippen molar-refractivity contribution in [3.63, 3.8) is 0 Å². The van der Waals surface area contributed by atoms with Gasteiger partial charge in [0.25, 0.3) is 5.91 Å². The topological polar surface area (TPSA) is 131 Å². The molecule has 1 rings (SSSR count). The maximum Gasteiger partial charge on any atom is 0.434 e. The first-order valence-corrected chi connectivity index (χ1v) is 9.76. The van der Waals surface area contributed by atoms with Gasteiger partial charge in [0, 0.05) is 25.9 Å². The maximum absolute atomic E-state index is 11.8. The molecule has 0 radical (unpaired) electrons. The molecule has 0 heterocycles. The molecule has 9 nitrogen and oxygen atoms in total. The average molecular weight is 406 g/mol. The van der Waals surface area contributed by atoms with Gasteiger partial charge in [-0.3, -0.25) is 19.3 Å². The summed E-state index contributed by atoms with van der Waals surface area (Å²) in [5, 5.41) is 2.76. The second kappa shape index (κ2) is 14.0. The Morgan fingerprint density at radius 2 is 1.72 bits per heavy atom. The number of amides is 4. The van der Waals surface area contributed by atoms with E-state index in [1.807, 2.05) is 30.6 Å². The Bertz CT molecular complexity index is 666. The average Bonchev–Trinajstić information content (AvgIpc) is 2.70. The van der Waals surface area contributed by atoms with Gasteiger partial charge in [-0.05, 0) is 31.2 Å². The van der Waals surface area contributed by atoms with Crippen molar-refractivity contribution in [3.8, 4) is 0 Å². The van der Waals surface area contributed by atoms with Gasteiger partial charge >= 0.3 is 6.09 Å². The fourth-order valence-electron chi connectivity index (χ4n) is 2.55. The molecule has 0 aliphatic heterocycles. The highest BCUT2D eigenvalue weighted by atomic mass is 16.7. The lowest BCUT2D eigenvalue weighted by Gasteiger charge is -2.19. The Balaban J connectivity index is 2.14. The predicted octanol–water partition coefficient (Wildman–Crippen LogP) is 1.27. The molecule has 0 fully saturated rings. The lowest BCUT2D eigenvalue weighted by molar-refractivity contribution is -0.132. The molecular formula is C20H30N4O5. The van der Waals surface area contributed by atoms with Crippen molar-refractivity contribution in [2.45, 2.75) is 45.4 Å². The van der Waals surface area contributed by atoms with E-state index in [2.05, 4.69) is 22.3 Å². The molecule has 0 aliphatic carbocycles. The zero-order valence-electron chi connectivity index (χ0n) is 16.8. The van der Waals surface area contributed by atoms with Crippen LogP contribution in [0, 0.1) is 0 Å². The minimum atomic E-state index is -0.873. The molecule has 1 aromatic carbocycles. The summed E-state index contributed by atoms with van der Waals surface area (Å²) < 4.78 is 0. The number of hydrogen-bond acceptors (Lipinski definition) is 5. The molecule has 0 saturated carbocycles. The summed E-state index contributed by atoms with van der Waals surface area (Å²) in [6, 6.07) is 10.1. The zero-order chi connectivity index (χ0) is 21.5. The van der Waals surface area contributed by atoms with E-state index >= 15 is 0 Å². The molecule has 0 bridgehead atoms. The largest absolute Gasteiger partial charge is 0.434 e. The van der Waals surface area contributed by atoms with E-state index in [0.29, 0.717) is 13.0 Å². The van der Waals surface area contributed by atoms with Gasteiger partial charge in [0.1, 0.15) is 6.54 Å². The van der Waals surface area contributed by atoms with Gasteiger partial charge in [-0.25, -0.2) is 4.79 Å². The van der Waals surface area contributed by atoms with E-state index in [0.717, 1.165) is 24.2 Å². The van der Waals surface area contributed by atoms with E-state index in [1.54, 1.807) is 0 Å². The number of aryl methyl sites for hydroxylation is 1. The Labute approximate surface area is 170 Å². The molecule has 1 aromatic rings. The van der Waals surface area contributed by atoms with Crippen LogP contribution in [0.5, 0.6) is 0 Å². The van der Waals surface area contributed by atoms with Crippen LogP contribution < -0.4 is 16.5 Å². The van der Waals surface area contributed by atoms with Gasteiger partial charge in [0.15, 0.2) is 0 Å². The van der Waals surface area contributed by atoms with Crippen molar-refractivity contribution in [2.75, 3.05) is 19.6 Å². The molecule has 0 atom stereocenters. The normalized spacial score (nSPS) is 10.1. The van der Waals surface area contributed by atoms with Gasteiger partial charge in [-0.2, -0.15) is 5.48 Å². The minimum absolute atomic E-state index is 0.0119. The van der Waals surface area contributed by atoms with E-state index in [9.17, 15) is 19.2 Å². The van der Waals surface area contributed by atoms with E-state index < -0.39 is 17.9 Å². The van der Waals surface area contributed by atoms with Crippen LogP contribution in [0.2, 0.25) is 0 Å². The Kier molecular flexibility index (Phi) is 11.5. The van der Waals surface area contributed by atoms with Crippen molar-refractivity contribution in [1.29, 1.82) is 0 Å². The first kappa shape index (κ1) is 23.9. The number of carbonyl (C=O) groups excluding carboxylic acids is 4. The summed E-state index contributed by atoms with van der Waals surface area (Å²) in [5.74, 6) is -1.53. The SMILES string of the molecule is CCCN(CC(N)=O)C(=O)ONC(=O)CCC(=O)NCCCCc1ccccc1. The van der Waals surface area contributed by atoms with Crippen LogP contribution in [0.4, 0.5) is 4.79 Å². The minimum Gasteiger partial charge on any atom is -0.368 e. The molecule has 0 saturated heterocycles. The Morgan fingerprint density at radius 3 is 2.38 bits per heavy atom. The standard InChI is InChI=1S/C20H30N4O5/c1-2-14-24(15-17(21)25)20(28)29-23-19(27)12-11-18(26)22-13-7-6-10-16-8-4-3-5-9-16/h3-5,8-9H,2,6-7,10-15H2,1H3,(H2,21,25)(H,22,26)(H,23,27). The number of carbonyl (C=O) groups is 4. The lowest BCUT2D eigenvalue weighted by Crippen LogP contribution is -2.42. The summed E-state index contributed by atoms with van der Waals surface area (Å²) in [5.41, 5.74) is 8.31.